The van der Waals surface area contributed by atoms with Crippen LogP contribution < -0.4 is 5.32 Å². The van der Waals surface area contributed by atoms with Crippen LogP contribution in [0.5, 0.6) is 0 Å². The average molecular weight is 355 g/mol. The van der Waals surface area contributed by atoms with Crippen LogP contribution in [0, 0.1) is 10.1 Å². The van der Waals surface area contributed by atoms with Crippen molar-refractivity contribution in [1.29, 1.82) is 0 Å². The summed E-state index contributed by atoms with van der Waals surface area (Å²) in [5.41, 5.74) is -0.573. The first kappa shape index (κ1) is 17.3. The third kappa shape index (κ3) is 3.30. The van der Waals surface area contributed by atoms with Crippen LogP contribution in [-0.4, -0.2) is 55.5 Å². The molecule has 0 aliphatic carbocycles. The van der Waals surface area contributed by atoms with Crippen molar-refractivity contribution in [3.05, 3.63) is 34.4 Å². The number of morpholine rings is 1. The highest BCUT2D eigenvalue weighted by molar-refractivity contribution is 7.89. The average Bonchev–Trinajstić information content (AvgIpc) is 2.55. The number of sulfonamides is 1. The summed E-state index contributed by atoms with van der Waals surface area (Å²) in [6.07, 6.45) is 1.34. The monoisotopic (exact) mass is 355 g/mol. The Labute approximate surface area is 141 Å². The number of nitrogens with one attached hydrogen (secondary N) is 1. The van der Waals surface area contributed by atoms with Gasteiger partial charge in [-0.1, -0.05) is 0 Å². The summed E-state index contributed by atoms with van der Waals surface area (Å²) >= 11 is 0. The summed E-state index contributed by atoms with van der Waals surface area (Å²) in [6.45, 7) is 4.09. The SMILES string of the molecule is CC1CN(S(=O)(=O)c2ccc([N+](=O)[O-])cc2)CC2(CCNCC2)O1. The fraction of sp³-hybridized carbons (Fsp3) is 0.600. The van der Waals surface area contributed by atoms with Gasteiger partial charge in [-0.25, -0.2) is 8.42 Å². The maximum Gasteiger partial charge on any atom is 0.269 e. The van der Waals surface area contributed by atoms with Crippen LogP contribution in [0.3, 0.4) is 0 Å². The zero-order valence-corrected chi connectivity index (χ0v) is 14.3. The van der Waals surface area contributed by atoms with E-state index in [9.17, 15) is 18.5 Å². The maximum absolute atomic E-state index is 12.9. The first-order valence-electron chi connectivity index (χ1n) is 7.96. The molecule has 2 heterocycles. The van der Waals surface area contributed by atoms with E-state index in [0.717, 1.165) is 25.9 Å². The number of hydrogen-bond acceptors (Lipinski definition) is 6. The lowest BCUT2D eigenvalue weighted by atomic mass is 9.90. The molecular weight excluding hydrogens is 334 g/mol. The lowest BCUT2D eigenvalue weighted by Gasteiger charge is -2.47. The molecule has 2 aliphatic heterocycles. The molecule has 1 aromatic carbocycles. The fourth-order valence-electron chi connectivity index (χ4n) is 3.40. The van der Waals surface area contributed by atoms with Crippen LogP contribution in [0.1, 0.15) is 19.8 Å². The molecule has 0 saturated carbocycles. The van der Waals surface area contributed by atoms with Gasteiger partial charge in [0.05, 0.1) is 21.5 Å². The van der Waals surface area contributed by atoms with Gasteiger partial charge in [-0.05, 0) is 45.0 Å². The largest absolute Gasteiger partial charge is 0.369 e. The summed E-state index contributed by atoms with van der Waals surface area (Å²) in [5, 5.41) is 14.0. The van der Waals surface area contributed by atoms with Crippen LogP contribution in [-0.2, 0) is 14.8 Å². The molecule has 1 aromatic rings. The Bertz CT molecular complexity index is 713. The summed E-state index contributed by atoms with van der Waals surface area (Å²) in [6, 6.07) is 5.03. The third-order valence-corrected chi connectivity index (χ3v) is 6.40. The number of benzene rings is 1. The van der Waals surface area contributed by atoms with Gasteiger partial charge in [0.25, 0.3) is 5.69 Å². The van der Waals surface area contributed by atoms with Gasteiger partial charge in [-0.15, -0.1) is 0 Å². The second kappa shape index (κ2) is 6.40. The maximum atomic E-state index is 12.9. The van der Waals surface area contributed by atoms with E-state index < -0.39 is 20.5 Å². The van der Waals surface area contributed by atoms with E-state index in [4.69, 9.17) is 4.74 Å². The number of non-ortho nitro benzene ring substituents is 1. The zero-order chi connectivity index (χ0) is 17.4. The van der Waals surface area contributed by atoms with Gasteiger partial charge in [-0.3, -0.25) is 10.1 Å². The molecule has 1 N–H and O–H groups in total. The third-order valence-electron chi connectivity index (χ3n) is 4.58. The van der Waals surface area contributed by atoms with Crippen molar-refractivity contribution in [2.24, 2.45) is 0 Å². The fourth-order valence-corrected chi connectivity index (χ4v) is 4.99. The van der Waals surface area contributed by atoms with Gasteiger partial charge in [0.2, 0.25) is 10.0 Å². The van der Waals surface area contributed by atoms with Crippen molar-refractivity contribution in [1.82, 2.24) is 9.62 Å². The summed E-state index contributed by atoms with van der Waals surface area (Å²) < 4.78 is 33.4. The first-order chi connectivity index (χ1) is 11.3. The molecule has 8 nitrogen and oxygen atoms in total. The molecule has 9 heteroatoms. The Morgan fingerprint density at radius 3 is 2.50 bits per heavy atom. The van der Waals surface area contributed by atoms with E-state index in [1.54, 1.807) is 0 Å². The van der Waals surface area contributed by atoms with Gasteiger partial charge >= 0.3 is 0 Å². The van der Waals surface area contributed by atoms with Crippen molar-refractivity contribution in [3.8, 4) is 0 Å². The summed E-state index contributed by atoms with van der Waals surface area (Å²) in [4.78, 5) is 10.3. The van der Waals surface area contributed by atoms with Gasteiger partial charge in [-0.2, -0.15) is 4.31 Å². The lowest BCUT2D eigenvalue weighted by molar-refractivity contribution is -0.384. The molecule has 0 radical (unpaired) electrons. The number of nitro benzene ring substituents is 1. The Morgan fingerprint density at radius 1 is 1.29 bits per heavy atom. The van der Waals surface area contributed by atoms with Crippen molar-refractivity contribution in [3.63, 3.8) is 0 Å². The molecule has 1 spiro atoms. The molecule has 2 saturated heterocycles. The zero-order valence-electron chi connectivity index (χ0n) is 13.5. The minimum Gasteiger partial charge on any atom is -0.369 e. The highest BCUT2D eigenvalue weighted by atomic mass is 32.2. The molecule has 3 rings (SSSR count). The minimum atomic E-state index is -3.70. The smallest absolute Gasteiger partial charge is 0.269 e. The molecular formula is C15H21N3O5S. The molecule has 24 heavy (non-hydrogen) atoms. The molecule has 0 amide bonds. The number of nitro groups is 1. The molecule has 132 valence electrons. The standard InChI is InChI=1S/C15H21N3O5S/c1-12-10-17(11-15(23-12)6-8-16-9-7-15)24(21,22)14-4-2-13(3-5-14)18(19)20/h2-5,12,16H,6-11H2,1H3. The van der Waals surface area contributed by atoms with Gasteiger partial charge in [0.1, 0.15) is 0 Å². The van der Waals surface area contributed by atoms with E-state index in [2.05, 4.69) is 5.32 Å². The van der Waals surface area contributed by atoms with E-state index in [-0.39, 0.29) is 23.2 Å². The number of ether oxygens (including phenoxy) is 1. The normalized spacial score (nSPS) is 24.8. The van der Waals surface area contributed by atoms with E-state index in [0.29, 0.717) is 6.54 Å². The summed E-state index contributed by atoms with van der Waals surface area (Å²) in [7, 11) is -3.70. The Kier molecular flexibility index (Phi) is 4.60. The summed E-state index contributed by atoms with van der Waals surface area (Å²) in [5.74, 6) is 0. The van der Waals surface area contributed by atoms with Crippen molar-refractivity contribution in [2.45, 2.75) is 36.4 Å². The Balaban J connectivity index is 1.86. The molecule has 0 aromatic heterocycles. The second-order valence-electron chi connectivity index (χ2n) is 6.41. The predicted octanol–water partition coefficient (Wildman–Crippen LogP) is 1.13. The topological polar surface area (TPSA) is 102 Å². The van der Waals surface area contributed by atoms with Crippen LogP contribution in [0.25, 0.3) is 0 Å². The van der Waals surface area contributed by atoms with E-state index in [1.165, 1.54) is 28.6 Å². The Hall–Kier alpha value is -1.55. The van der Waals surface area contributed by atoms with Crippen LogP contribution in [0.2, 0.25) is 0 Å². The predicted molar refractivity (Wildman–Crippen MR) is 87.2 cm³/mol. The minimum absolute atomic E-state index is 0.0753. The highest BCUT2D eigenvalue weighted by Gasteiger charge is 2.44. The van der Waals surface area contributed by atoms with E-state index >= 15 is 0 Å². The Morgan fingerprint density at radius 2 is 1.92 bits per heavy atom. The van der Waals surface area contributed by atoms with Crippen LogP contribution >= 0.6 is 0 Å². The van der Waals surface area contributed by atoms with Crippen LogP contribution in [0.4, 0.5) is 5.69 Å². The van der Waals surface area contributed by atoms with Crippen molar-refractivity contribution < 1.29 is 18.1 Å². The van der Waals surface area contributed by atoms with Crippen LogP contribution in [0.15, 0.2) is 29.2 Å². The number of rotatable bonds is 3. The number of hydrogen-bond donors (Lipinski definition) is 1. The molecule has 2 aliphatic rings. The molecule has 0 bridgehead atoms. The van der Waals surface area contributed by atoms with Crippen molar-refractivity contribution >= 4 is 15.7 Å². The first-order valence-corrected chi connectivity index (χ1v) is 9.40. The molecule has 1 unspecified atom stereocenters. The second-order valence-corrected chi connectivity index (χ2v) is 8.35. The van der Waals surface area contributed by atoms with Crippen molar-refractivity contribution in [2.75, 3.05) is 26.2 Å². The van der Waals surface area contributed by atoms with Gasteiger partial charge in [0.15, 0.2) is 0 Å². The van der Waals surface area contributed by atoms with Gasteiger partial charge < -0.3 is 10.1 Å². The molecule has 1 atom stereocenters. The lowest BCUT2D eigenvalue weighted by Crippen LogP contribution is -2.59. The molecule has 2 fully saturated rings. The number of nitrogens with zero attached hydrogens (tertiary/aromatic N) is 2. The number of piperidine rings is 1. The van der Waals surface area contributed by atoms with Gasteiger partial charge in [0, 0.05) is 25.2 Å². The quantitative estimate of drug-likeness (QED) is 0.644. The highest BCUT2D eigenvalue weighted by Crippen LogP contribution is 2.33. The van der Waals surface area contributed by atoms with E-state index in [1.807, 2.05) is 6.92 Å².